The van der Waals surface area contributed by atoms with Crippen molar-refractivity contribution in [2.45, 2.75) is 13.8 Å². The number of carbonyl (C=O) groups is 1. The van der Waals surface area contributed by atoms with Crippen molar-refractivity contribution >= 4 is 11.6 Å². The highest BCUT2D eigenvalue weighted by Crippen LogP contribution is 2.32. The largest absolute Gasteiger partial charge is 0.496 e. The van der Waals surface area contributed by atoms with Crippen LogP contribution in [0.2, 0.25) is 0 Å². The quantitative estimate of drug-likeness (QED) is 0.781. The van der Waals surface area contributed by atoms with E-state index < -0.39 is 0 Å². The summed E-state index contributed by atoms with van der Waals surface area (Å²) in [6.07, 6.45) is 2.98. The maximum absolute atomic E-state index is 12.4. The summed E-state index contributed by atoms with van der Waals surface area (Å²) in [6, 6.07) is 11.0. The van der Waals surface area contributed by atoms with E-state index in [1.165, 1.54) is 6.39 Å². The first-order valence-corrected chi connectivity index (χ1v) is 7.54. The van der Waals surface area contributed by atoms with Gasteiger partial charge in [-0.05, 0) is 49.2 Å². The number of hydrogen-bond donors (Lipinski definition) is 1. The second-order valence-electron chi connectivity index (χ2n) is 5.53. The number of carbonyl (C=O) groups excluding carboxylic acids is 1. The first-order chi connectivity index (χ1) is 11.6. The zero-order valence-electron chi connectivity index (χ0n) is 13.8. The first-order valence-electron chi connectivity index (χ1n) is 7.54. The molecule has 5 heteroatoms. The van der Waals surface area contributed by atoms with Crippen LogP contribution in [0.4, 0.5) is 5.69 Å². The van der Waals surface area contributed by atoms with Crippen molar-refractivity contribution in [1.29, 1.82) is 0 Å². The van der Waals surface area contributed by atoms with Crippen LogP contribution in [-0.2, 0) is 0 Å². The Morgan fingerprint density at radius 3 is 2.62 bits per heavy atom. The molecule has 122 valence electrons. The van der Waals surface area contributed by atoms with Gasteiger partial charge in [-0.1, -0.05) is 6.07 Å². The lowest BCUT2D eigenvalue weighted by Crippen LogP contribution is -2.12. The molecule has 24 heavy (non-hydrogen) atoms. The van der Waals surface area contributed by atoms with E-state index in [9.17, 15) is 4.79 Å². The van der Waals surface area contributed by atoms with Gasteiger partial charge in [0.1, 0.15) is 5.75 Å². The summed E-state index contributed by atoms with van der Waals surface area (Å²) in [5, 5.41) is 2.89. The molecule has 0 aliphatic rings. The Morgan fingerprint density at radius 1 is 1.12 bits per heavy atom. The highest BCUT2D eigenvalue weighted by molar-refractivity contribution is 6.04. The number of amides is 1. The molecule has 0 aliphatic heterocycles. The molecule has 1 N–H and O–H groups in total. The monoisotopic (exact) mass is 322 g/mol. The summed E-state index contributed by atoms with van der Waals surface area (Å²) in [5.41, 5.74) is 4.29. The summed E-state index contributed by atoms with van der Waals surface area (Å²) in [6.45, 7) is 4.01. The van der Waals surface area contributed by atoms with Crippen LogP contribution in [-0.4, -0.2) is 18.0 Å². The standard InChI is InChI=1S/C19H18N2O3/c1-12-4-5-14(8-13(12)2)19(22)21-15-6-7-16(17(9-15)23-3)18-10-20-11-24-18/h4-11H,1-3H3,(H,21,22). The molecule has 1 amide bonds. The Balaban J connectivity index is 1.85. The highest BCUT2D eigenvalue weighted by Gasteiger charge is 2.12. The third kappa shape index (κ3) is 3.15. The summed E-state index contributed by atoms with van der Waals surface area (Å²) in [4.78, 5) is 16.3. The van der Waals surface area contributed by atoms with Gasteiger partial charge < -0.3 is 14.5 Å². The molecule has 0 radical (unpaired) electrons. The second kappa shape index (κ2) is 6.58. The molecule has 0 atom stereocenters. The van der Waals surface area contributed by atoms with Crippen LogP contribution < -0.4 is 10.1 Å². The summed E-state index contributed by atoms with van der Waals surface area (Å²) in [7, 11) is 1.57. The molecule has 0 spiro atoms. The normalized spacial score (nSPS) is 10.5. The van der Waals surface area contributed by atoms with E-state index in [0.29, 0.717) is 22.8 Å². The topological polar surface area (TPSA) is 64.4 Å². The van der Waals surface area contributed by atoms with Crippen LogP contribution >= 0.6 is 0 Å². The van der Waals surface area contributed by atoms with Gasteiger partial charge in [0, 0.05) is 17.3 Å². The van der Waals surface area contributed by atoms with Gasteiger partial charge in [-0.25, -0.2) is 4.98 Å². The van der Waals surface area contributed by atoms with E-state index in [4.69, 9.17) is 9.15 Å². The van der Waals surface area contributed by atoms with Gasteiger partial charge in [-0.3, -0.25) is 4.79 Å². The number of oxazole rings is 1. The summed E-state index contributed by atoms with van der Waals surface area (Å²) < 4.78 is 10.7. The molecule has 0 saturated heterocycles. The minimum absolute atomic E-state index is 0.160. The SMILES string of the molecule is COc1cc(NC(=O)c2ccc(C)c(C)c2)ccc1-c1cnco1. The third-order valence-corrected chi connectivity index (χ3v) is 3.93. The fourth-order valence-corrected chi connectivity index (χ4v) is 2.41. The van der Waals surface area contributed by atoms with Crippen LogP contribution in [0.1, 0.15) is 21.5 Å². The predicted molar refractivity (Wildman–Crippen MR) is 92.4 cm³/mol. The Labute approximate surface area is 140 Å². The molecule has 2 aromatic carbocycles. The lowest BCUT2D eigenvalue weighted by Gasteiger charge is -2.11. The Hall–Kier alpha value is -3.08. The third-order valence-electron chi connectivity index (χ3n) is 3.93. The van der Waals surface area contributed by atoms with Crippen LogP contribution in [0.25, 0.3) is 11.3 Å². The molecule has 0 saturated carbocycles. The van der Waals surface area contributed by atoms with Crippen molar-refractivity contribution in [2.24, 2.45) is 0 Å². The summed E-state index contributed by atoms with van der Waals surface area (Å²) in [5.74, 6) is 1.05. The molecule has 1 aromatic heterocycles. The van der Waals surface area contributed by atoms with Crippen LogP contribution in [0.3, 0.4) is 0 Å². The van der Waals surface area contributed by atoms with Crippen molar-refractivity contribution < 1.29 is 13.9 Å². The molecule has 0 fully saturated rings. The minimum atomic E-state index is -0.160. The molecule has 0 unspecified atom stereocenters. The van der Waals surface area contributed by atoms with Crippen molar-refractivity contribution in [3.8, 4) is 17.1 Å². The average Bonchev–Trinajstić information content (AvgIpc) is 3.11. The zero-order chi connectivity index (χ0) is 17.1. The predicted octanol–water partition coefficient (Wildman–Crippen LogP) is 4.22. The second-order valence-corrected chi connectivity index (χ2v) is 5.53. The van der Waals surface area contributed by atoms with Gasteiger partial charge in [-0.2, -0.15) is 0 Å². The minimum Gasteiger partial charge on any atom is -0.496 e. The van der Waals surface area contributed by atoms with E-state index in [2.05, 4.69) is 10.3 Å². The molecular weight excluding hydrogens is 304 g/mol. The number of anilines is 1. The lowest BCUT2D eigenvalue weighted by atomic mass is 10.1. The van der Waals surface area contributed by atoms with Gasteiger partial charge >= 0.3 is 0 Å². The number of nitrogens with one attached hydrogen (secondary N) is 1. The Morgan fingerprint density at radius 2 is 1.96 bits per heavy atom. The van der Waals surface area contributed by atoms with Crippen molar-refractivity contribution in [2.75, 3.05) is 12.4 Å². The maximum Gasteiger partial charge on any atom is 0.255 e. The van der Waals surface area contributed by atoms with E-state index in [1.807, 2.05) is 38.1 Å². The van der Waals surface area contributed by atoms with Gasteiger partial charge in [0.2, 0.25) is 0 Å². The molecule has 3 aromatic rings. The number of ether oxygens (including phenoxy) is 1. The van der Waals surface area contributed by atoms with Gasteiger partial charge in [0.05, 0.1) is 18.9 Å². The summed E-state index contributed by atoms with van der Waals surface area (Å²) >= 11 is 0. The lowest BCUT2D eigenvalue weighted by molar-refractivity contribution is 0.102. The smallest absolute Gasteiger partial charge is 0.255 e. The van der Waals surface area contributed by atoms with Crippen molar-refractivity contribution in [1.82, 2.24) is 4.98 Å². The molecule has 0 aliphatic carbocycles. The van der Waals surface area contributed by atoms with Gasteiger partial charge in [0.15, 0.2) is 12.2 Å². The molecule has 1 heterocycles. The Kier molecular flexibility index (Phi) is 4.33. The zero-order valence-corrected chi connectivity index (χ0v) is 13.8. The number of methoxy groups -OCH3 is 1. The number of aryl methyl sites for hydroxylation is 2. The Bertz CT molecular complexity index is 870. The number of nitrogens with zero attached hydrogens (tertiary/aromatic N) is 1. The van der Waals surface area contributed by atoms with E-state index in [0.717, 1.165) is 16.7 Å². The number of aromatic nitrogens is 1. The molecule has 5 nitrogen and oxygen atoms in total. The van der Waals surface area contributed by atoms with Crippen molar-refractivity contribution in [3.63, 3.8) is 0 Å². The number of benzene rings is 2. The van der Waals surface area contributed by atoms with Gasteiger partial charge in [0.25, 0.3) is 5.91 Å². The highest BCUT2D eigenvalue weighted by atomic mass is 16.5. The van der Waals surface area contributed by atoms with E-state index in [-0.39, 0.29) is 5.91 Å². The van der Waals surface area contributed by atoms with Crippen molar-refractivity contribution in [3.05, 3.63) is 65.7 Å². The number of rotatable bonds is 4. The first kappa shape index (κ1) is 15.8. The molecule has 3 rings (SSSR count). The van der Waals surface area contributed by atoms with E-state index in [1.54, 1.807) is 25.4 Å². The van der Waals surface area contributed by atoms with Crippen LogP contribution in [0, 0.1) is 13.8 Å². The van der Waals surface area contributed by atoms with Crippen LogP contribution in [0.15, 0.2) is 53.4 Å². The molecular formula is C19H18N2O3. The van der Waals surface area contributed by atoms with Gasteiger partial charge in [-0.15, -0.1) is 0 Å². The fraction of sp³-hybridized carbons (Fsp3) is 0.158. The van der Waals surface area contributed by atoms with E-state index >= 15 is 0 Å². The fourth-order valence-electron chi connectivity index (χ4n) is 2.41. The number of hydrogen-bond acceptors (Lipinski definition) is 4. The van der Waals surface area contributed by atoms with Crippen LogP contribution in [0.5, 0.6) is 5.75 Å². The average molecular weight is 322 g/mol. The maximum atomic E-state index is 12.4. The molecule has 0 bridgehead atoms.